The van der Waals surface area contributed by atoms with Gasteiger partial charge in [0, 0.05) is 0 Å². The van der Waals surface area contributed by atoms with Gasteiger partial charge < -0.3 is 4.52 Å². The van der Waals surface area contributed by atoms with Gasteiger partial charge in [-0.1, -0.05) is 13.8 Å². The van der Waals surface area contributed by atoms with E-state index in [1.165, 1.54) is 0 Å². The maximum Gasteiger partial charge on any atom is 0.368 e. The van der Waals surface area contributed by atoms with Gasteiger partial charge >= 0.3 is 7.68 Å². The molecule has 0 radical (unpaired) electrons. The third-order valence-corrected chi connectivity index (χ3v) is 2.85. The molecular weight excluding hydrogens is 166 g/mol. The van der Waals surface area contributed by atoms with Crippen LogP contribution in [0.1, 0.15) is 27.7 Å². The van der Waals surface area contributed by atoms with E-state index in [1.807, 2.05) is 13.8 Å². The Labute approximate surface area is 67.7 Å². The van der Waals surface area contributed by atoms with E-state index >= 15 is 0 Å². The van der Waals surface area contributed by atoms with Crippen molar-refractivity contribution in [1.82, 2.24) is 0 Å². The van der Waals surface area contributed by atoms with Crippen LogP contribution in [-0.4, -0.2) is 12.3 Å². The lowest BCUT2D eigenvalue weighted by Crippen LogP contribution is -2.03. The van der Waals surface area contributed by atoms with Gasteiger partial charge in [-0.2, -0.15) is 4.20 Å². The van der Waals surface area contributed by atoms with E-state index in [-0.39, 0.29) is 18.2 Å². The van der Waals surface area contributed by atoms with Crippen LogP contribution in [0.15, 0.2) is 0 Å². The predicted molar refractivity (Wildman–Crippen MR) is 44.6 cm³/mol. The molecule has 0 aromatic rings. The lowest BCUT2D eigenvalue weighted by molar-refractivity contribution is 0.222. The Morgan fingerprint density at radius 1 is 1.36 bits per heavy atom. The Bertz CT molecular complexity index is 143. The molecule has 0 saturated carbocycles. The van der Waals surface area contributed by atoms with Gasteiger partial charge in [0.15, 0.2) is 0 Å². The normalized spacial score (nSPS) is 17.4. The van der Waals surface area contributed by atoms with Crippen LogP contribution in [0, 0.1) is 5.92 Å². The van der Waals surface area contributed by atoms with Gasteiger partial charge in [-0.25, -0.2) is 0 Å². The molecule has 11 heavy (non-hydrogen) atoms. The first-order valence-corrected chi connectivity index (χ1v) is 5.50. The van der Waals surface area contributed by atoms with Crippen LogP contribution in [0.25, 0.3) is 0 Å². The molecule has 0 rings (SSSR count). The third-order valence-electron chi connectivity index (χ3n) is 0.951. The maximum atomic E-state index is 12.9. The maximum absolute atomic E-state index is 12.9. The minimum Gasteiger partial charge on any atom is -0.303 e. The summed E-state index contributed by atoms with van der Waals surface area (Å²) in [7, 11) is -3.80. The summed E-state index contributed by atoms with van der Waals surface area (Å²) in [6.07, 6.45) is -0.282. The van der Waals surface area contributed by atoms with E-state index in [4.69, 9.17) is 0 Å². The second kappa shape index (κ2) is 4.22. The fourth-order valence-corrected chi connectivity index (χ4v) is 2.38. The highest BCUT2D eigenvalue weighted by Crippen LogP contribution is 2.51. The van der Waals surface area contributed by atoms with Crippen LogP contribution in [-0.2, 0) is 9.09 Å². The summed E-state index contributed by atoms with van der Waals surface area (Å²) in [6.45, 7) is 6.98. The Balaban J connectivity index is 3.91. The van der Waals surface area contributed by atoms with Crippen LogP contribution >= 0.6 is 7.68 Å². The fraction of sp³-hybridized carbons (Fsp3) is 1.00. The highest BCUT2D eigenvalue weighted by Gasteiger charge is 2.24. The van der Waals surface area contributed by atoms with Gasteiger partial charge in [0.2, 0.25) is 0 Å². The molecule has 2 nitrogen and oxygen atoms in total. The van der Waals surface area contributed by atoms with Gasteiger partial charge in [-0.3, -0.25) is 4.57 Å². The van der Waals surface area contributed by atoms with Crippen molar-refractivity contribution in [1.29, 1.82) is 0 Å². The summed E-state index contributed by atoms with van der Waals surface area (Å²) in [5, 5.41) is 0. The fourth-order valence-electron chi connectivity index (χ4n) is 0.794. The zero-order valence-corrected chi connectivity index (χ0v) is 8.40. The number of hydrogen-bond donors (Lipinski definition) is 0. The molecule has 1 atom stereocenters. The first kappa shape index (κ1) is 11.1. The number of rotatable bonds is 4. The van der Waals surface area contributed by atoms with Crippen molar-refractivity contribution >= 4 is 7.68 Å². The van der Waals surface area contributed by atoms with Crippen molar-refractivity contribution in [3.05, 3.63) is 0 Å². The SMILES string of the molecule is CC(C)CP(=O)(F)OC(C)C. The van der Waals surface area contributed by atoms with Gasteiger partial charge in [0.1, 0.15) is 0 Å². The molecule has 0 spiro atoms. The molecule has 1 unspecified atom stereocenters. The molecule has 68 valence electrons. The van der Waals surface area contributed by atoms with E-state index in [2.05, 4.69) is 4.52 Å². The topological polar surface area (TPSA) is 26.3 Å². The van der Waals surface area contributed by atoms with E-state index in [0.29, 0.717) is 0 Å². The molecule has 0 saturated heterocycles. The Hall–Kier alpha value is 0.120. The van der Waals surface area contributed by atoms with Gasteiger partial charge in [-0.15, -0.1) is 0 Å². The molecule has 0 aromatic heterocycles. The molecule has 0 N–H and O–H groups in total. The molecule has 0 aliphatic carbocycles. The average molecular weight is 182 g/mol. The van der Waals surface area contributed by atoms with Crippen molar-refractivity contribution in [2.24, 2.45) is 5.92 Å². The minimum absolute atomic E-state index is 0.0190. The van der Waals surface area contributed by atoms with Crippen LogP contribution < -0.4 is 0 Å². The zero-order chi connectivity index (χ0) is 9.07. The Morgan fingerprint density at radius 2 is 1.82 bits per heavy atom. The number of halogens is 1. The first-order valence-electron chi connectivity index (χ1n) is 3.80. The van der Waals surface area contributed by atoms with E-state index < -0.39 is 7.68 Å². The minimum atomic E-state index is -3.80. The van der Waals surface area contributed by atoms with Crippen molar-refractivity contribution in [2.45, 2.75) is 33.8 Å². The Kier molecular flexibility index (Phi) is 4.27. The second-order valence-electron chi connectivity index (χ2n) is 3.32. The van der Waals surface area contributed by atoms with Crippen molar-refractivity contribution < 1.29 is 13.3 Å². The summed E-state index contributed by atoms with van der Waals surface area (Å²) in [4.78, 5) is 0. The van der Waals surface area contributed by atoms with Crippen LogP contribution in [0.2, 0.25) is 0 Å². The van der Waals surface area contributed by atoms with E-state index in [0.717, 1.165) is 0 Å². The van der Waals surface area contributed by atoms with Crippen LogP contribution in [0.5, 0.6) is 0 Å². The molecular formula is C7H16FO2P. The molecule has 4 heteroatoms. The van der Waals surface area contributed by atoms with E-state index in [1.54, 1.807) is 13.8 Å². The summed E-state index contributed by atoms with van der Waals surface area (Å²) in [5.41, 5.74) is 0. The largest absolute Gasteiger partial charge is 0.368 e. The molecule has 0 heterocycles. The van der Waals surface area contributed by atoms with Crippen molar-refractivity contribution in [3.63, 3.8) is 0 Å². The van der Waals surface area contributed by atoms with Gasteiger partial charge in [0.05, 0.1) is 12.3 Å². The molecule has 0 aliphatic heterocycles. The lowest BCUT2D eigenvalue weighted by Gasteiger charge is -2.13. The van der Waals surface area contributed by atoms with Crippen molar-refractivity contribution in [3.8, 4) is 0 Å². The smallest absolute Gasteiger partial charge is 0.303 e. The molecule has 0 aliphatic rings. The zero-order valence-electron chi connectivity index (χ0n) is 7.50. The predicted octanol–water partition coefficient (Wildman–Crippen LogP) is 3.23. The molecule has 0 amide bonds. The highest BCUT2D eigenvalue weighted by atomic mass is 31.2. The molecule has 0 fully saturated rings. The third kappa shape index (κ3) is 6.52. The van der Waals surface area contributed by atoms with Crippen LogP contribution in [0.3, 0.4) is 0 Å². The summed E-state index contributed by atoms with van der Waals surface area (Å²) < 4.78 is 28.5. The summed E-state index contributed by atoms with van der Waals surface area (Å²) in [5.74, 6) is 0.0737. The van der Waals surface area contributed by atoms with Crippen LogP contribution in [0.4, 0.5) is 4.20 Å². The number of hydrogen-bond acceptors (Lipinski definition) is 2. The Morgan fingerprint density at radius 3 is 2.09 bits per heavy atom. The monoisotopic (exact) mass is 182 g/mol. The molecule has 0 aromatic carbocycles. The second-order valence-corrected chi connectivity index (χ2v) is 5.08. The summed E-state index contributed by atoms with van der Waals surface area (Å²) in [6, 6.07) is 0. The average Bonchev–Trinajstić information content (AvgIpc) is 1.53. The van der Waals surface area contributed by atoms with Crippen molar-refractivity contribution in [2.75, 3.05) is 6.16 Å². The van der Waals surface area contributed by atoms with E-state index in [9.17, 15) is 8.76 Å². The highest BCUT2D eigenvalue weighted by molar-refractivity contribution is 7.53. The summed E-state index contributed by atoms with van der Waals surface area (Å²) >= 11 is 0. The first-order chi connectivity index (χ1) is 4.83. The van der Waals surface area contributed by atoms with Gasteiger partial charge in [0.25, 0.3) is 0 Å². The lowest BCUT2D eigenvalue weighted by atomic mass is 10.3. The van der Waals surface area contributed by atoms with Gasteiger partial charge in [-0.05, 0) is 19.8 Å². The molecule has 0 bridgehead atoms. The standard InChI is InChI=1S/C7H16FO2P/c1-6(2)5-11(8,9)10-7(3)4/h6-7H,5H2,1-4H3. The quantitative estimate of drug-likeness (QED) is 0.624.